The molecule has 1 atom stereocenters. The number of carbonyl (C=O) groups excluding carboxylic acids is 2. The van der Waals surface area contributed by atoms with Crippen molar-refractivity contribution in [3.8, 4) is 23.3 Å². The number of nitriles is 1. The Labute approximate surface area is 243 Å². The van der Waals surface area contributed by atoms with Crippen LogP contribution in [0.3, 0.4) is 0 Å². The molecule has 0 bridgehead atoms. The van der Waals surface area contributed by atoms with Crippen molar-refractivity contribution in [3.05, 3.63) is 70.7 Å². The lowest BCUT2D eigenvalue weighted by Crippen LogP contribution is -2.38. The van der Waals surface area contributed by atoms with Gasteiger partial charge in [-0.25, -0.2) is 0 Å². The number of amides is 1. The molecule has 0 fully saturated rings. The minimum Gasteiger partial charge on any atom is -0.497 e. The standard InChI is InChI=1S/C28H24N6O5S2/c1-37-17-8-5-15(6-9-17)24-18(12-29)26(30)34(19-3-2-4-20(35)25(19)24)27-32-33-28(41-27)40-13-23(36)31-16-7-10-21-22(11-16)39-14-38-21/h5-11,24H,2-4,13-14,30H2,1H3,(H,31,36). The molecule has 1 aromatic heterocycles. The van der Waals surface area contributed by atoms with E-state index in [1.165, 1.54) is 23.1 Å². The molecule has 1 unspecified atom stereocenters. The van der Waals surface area contributed by atoms with E-state index < -0.39 is 5.92 Å². The highest BCUT2D eigenvalue weighted by Gasteiger charge is 2.41. The molecular weight excluding hydrogens is 564 g/mol. The number of hydrogen-bond donors (Lipinski definition) is 2. The number of rotatable bonds is 7. The number of hydrogen-bond acceptors (Lipinski definition) is 12. The Hall–Kier alpha value is -4.54. The van der Waals surface area contributed by atoms with E-state index in [9.17, 15) is 14.9 Å². The molecule has 1 amide bonds. The molecule has 3 N–H and O–H groups in total. The first kappa shape index (κ1) is 26.7. The van der Waals surface area contributed by atoms with Gasteiger partial charge in [0.1, 0.15) is 11.6 Å². The van der Waals surface area contributed by atoms with Crippen LogP contribution in [0.1, 0.15) is 30.7 Å². The first-order valence-electron chi connectivity index (χ1n) is 12.7. The van der Waals surface area contributed by atoms with Gasteiger partial charge in [0, 0.05) is 29.4 Å². The molecule has 41 heavy (non-hydrogen) atoms. The van der Waals surface area contributed by atoms with E-state index in [0.717, 1.165) is 11.3 Å². The third kappa shape index (κ3) is 5.07. The van der Waals surface area contributed by atoms with E-state index in [1.54, 1.807) is 42.3 Å². The van der Waals surface area contributed by atoms with Crippen molar-refractivity contribution in [2.24, 2.45) is 5.73 Å². The Bertz CT molecular complexity index is 1640. The molecule has 0 spiro atoms. The van der Waals surface area contributed by atoms with Gasteiger partial charge in [0.25, 0.3) is 0 Å². The third-order valence-electron chi connectivity index (χ3n) is 6.93. The Balaban J connectivity index is 1.23. The topological polar surface area (TPSA) is 153 Å². The Morgan fingerprint density at radius 2 is 2.02 bits per heavy atom. The van der Waals surface area contributed by atoms with E-state index in [2.05, 4.69) is 21.6 Å². The highest BCUT2D eigenvalue weighted by Crippen LogP contribution is 2.47. The Kier molecular flexibility index (Phi) is 7.25. The second kappa shape index (κ2) is 11.1. The van der Waals surface area contributed by atoms with Crippen molar-refractivity contribution >= 4 is 45.6 Å². The lowest BCUT2D eigenvalue weighted by atomic mass is 9.76. The fourth-order valence-electron chi connectivity index (χ4n) is 5.08. The Morgan fingerprint density at radius 1 is 1.22 bits per heavy atom. The van der Waals surface area contributed by atoms with Gasteiger partial charge in [0.15, 0.2) is 21.6 Å². The van der Waals surface area contributed by atoms with E-state index >= 15 is 0 Å². The number of thioether (sulfide) groups is 1. The van der Waals surface area contributed by atoms with Gasteiger partial charge in [0.2, 0.25) is 17.8 Å². The zero-order chi connectivity index (χ0) is 28.5. The maximum atomic E-state index is 13.3. The number of benzene rings is 2. The van der Waals surface area contributed by atoms with Crippen LogP contribution in [-0.2, 0) is 9.59 Å². The van der Waals surface area contributed by atoms with Crippen LogP contribution < -0.4 is 30.2 Å². The number of allylic oxidation sites excluding steroid dienone is 3. The normalized spacial score (nSPS) is 17.8. The van der Waals surface area contributed by atoms with Crippen molar-refractivity contribution in [1.82, 2.24) is 10.2 Å². The minimum atomic E-state index is -0.577. The van der Waals surface area contributed by atoms with Crippen LogP contribution in [0, 0.1) is 11.3 Å². The predicted molar refractivity (Wildman–Crippen MR) is 153 cm³/mol. The Morgan fingerprint density at radius 3 is 2.80 bits per heavy atom. The highest BCUT2D eigenvalue weighted by atomic mass is 32.2. The smallest absolute Gasteiger partial charge is 0.234 e. The van der Waals surface area contributed by atoms with Gasteiger partial charge in [-0.15, -0.1) is 10.2 Å². The fourth-order valence-corrected chi connectivity index (χ4v) is 6.77. The zero-order valence-electron chi connectivity index (χ0n) is 21.9. The number of nitrogens with one attached hydrogen (secondary N) is 1. The van der Waals surface area contributed by atoms with Crippen LogP contribution >= 0.6 is 23.1 Å². The van der Waals surface area contributed by atoms with Gasteiger partial charge in [-0.1, -0.05) is 35.2 Å². The summed E-state index contributed by atoms with van der Waals surface area (Å²) in [5, 5.41) is 22.0. The molecule has 208 valence electrons. The summed E-state index contributed by atoms with van der Waals surface area (Å²) in [5.41, 5.74) is 9.56. The highest BCUT2D eigenvalue weighted by molar-refractivity contribution is 8.01. The molecule has 11 nitrogen and oxygen atoms in total. The number of methoxy groups -OCH3 is 1. The number of aromatic nitrogens is 2. The lowest BCUT2D eigenvalue weighted by molar-refractivity contribution is -0.116. The molecular formula is C28H24N6O5S2. The molecule has 0 radical (unpaired) electrons. The van der Waals surface area contributed by atoms with E-state index in [4.69, 9.17) is 19.9 Å². The van der Waals surface area contributed by atoms with Gasteiger partial charge < -0.3 is 25.3 Å². The number of carbonyl (C=O) groups is 2. The summed E-state index contributed by atoms with van der Waals surface area (Å²) < 4.78 is 16.5. The van der Waals surface area contributed by atoms with Gasteiger partial charge in [-0.2, -0.15) is 5.26 Å². The van der Waals surface area contributed by atoms with Crippen molar-refractivity contribution in [1.29, 1.82) is 5.26 Å². The number of ether oxygens (including phenoxy) is 3. The SMILES string of the molecule is COc1ccc(C2C(C#N)=C(N)N(c3nnc(SCC(=O)Nc4ccc5c(c4)OCO5)s3)C3=C2C(=O)CCC3)cc1. The first-order chi connectivity index (χ1) is 20.0. The predicted octanol–water partition coefficient (Wildman–Crippen LogP) is 4.31. The first-order valence-corrected chi connectivity index (χ1v) is 14.5. The number of anilines is 2. The zero-order valence-corrected chi connectivity index (χ0v) is 23.5. The molecule has 3 aromatic rings. The second-order valence-corrected chi connectivity index (χ2v) is 11.5. The molecule has 0 saturated heterocycles. The fraction of sp³-hybridized carbons (Fsp3) is 0.250. The maximum absolute atomic E-state index is 13.3. The summed E-state index contributed by atoms with van der Waals surface area (Å²) in [6.07, 6.45) is 1.67. The van der Waals surface area contributed by atoms with Crippen molar-refractivity contribution in [2.75, 3.05) is 29.9 Å². The van der Waals surface area contributed by atoms with Crippen molar-refractivity contribution in [3.63, 3.8) is 0 Å². The van der Waals surface area contributed by atoms with Crippen LogP contribution in [0.2, 0.25) is 0 Å². The van der Waals surface area contributed by atoms with Crippen LogP contribution in [0.15, 0.2) is 69.5 Å². The maximum Gasteiger partial charge on any atom is 0.234 e. The largest absolute Gasteiger partial charge is 0.497 e. The van der Waals surface area contributed by atoms with E-state index in [0.29, 0.717) is 57.2 Å². The van der Waals surface area contributed by atoms with Gasteiger partial charge in [0.05, 0.1) is 30.4 Å². The van der Waals surface area contributed by atoms with Gasteiger partial charge in [-0.3, -0.25) is 14.5 Å². The summed E-state index contributed by atoms with van der Waals surface area (Å²) in [7, 11) is 1.58. The molecule has 3 heterocycles. The van der Waals surface area contributed by atoms with E-state index in [1.807, 2.05) is 12.1 Å². The molecule has 2 aromatic carbocycles. The molecule has 1 aliphatic carbocycles. The van der Waals surface area contributed by atoms with Crippen LogP contribution in [0.4, 0.5) is 10.8 Å². The summed E-state index contributed by atoms with van der Waals surface area (Å²) >= 11 is 2.47. The number of nitrogens with zero attached hydrogens (tertiary/aromatic N) is 4. The number of ketones is 1. The van der Waals surface area contributed by atoms with Crippen molar-refractivity contribution in [2.45, 2.75) is 29.5 Å². The third-order valence-corrected chi connectivity index (χ3v) is 8.97. The summed E-state index contributed by atoms with van der Waals surface area (Å²) in [4.78, 5) is 27.6. The number of nitrogens with two attached hydrogens (primary N) is 1. The number of fused-ring (bicyclic) bond motifs is 1. The monoisotopic (exact) mass is 588 g/mol. The lowest BCUT2D eigenvalue weighted by Gasteiger charge is -2.38. The minimum absolute atomic E-state index is 0.0170. The molecule has 13 heteroatoms. The van der Waals surface area contributed by atoms with E-state index in [-0.39, 0.29) is 35.6 Å². The molecule has 3 aliphatic rings. The summed E-state index contributed by atoms with van der Waals surface area (Å²) in [6, 6.07) is 14.8. The quantitative estimate of drug-likeness (QED) is 0.380. The van der Waals surface area contributed by atoms with Crippen LogP contribution in [0.5, 0.6) is 17.2 Å². The van der Waals surface area contributed by atoms with Gasteiger partial charge in [-0.05, 0) is 42.7 Å². The summed E-state index contributed by atoms with van der Waals surface area (Å²) in [5.74, 6) is 1.39. The number of Topliss-reactive ketones (excluding diaryl/α,β-unsaturated/α-hetero) is 1. The average molecular weight is 589 g/mol. The van der Waals surface area contributed by atoms with Crippen molar-refractivity contribution < 1.29 is 23.8 Å². The summed E-state index contributed by atoms with van der Waals surface area (Å²) in [6.45, 7) is 0.156. The molecule has 2 aliphatic heterocycles. The van der Waals surface area contributed by atoms with Gasteiger partial charge >= 0.3 is 0 Å². The molecule has 6 rings (SSSR count). The average Bonchev–Trinajstić information content (AvgIpc) is 3.65. The second-order valence-electron chi connectivity index (χ2n) is 9.34. The van der Waals surface area contributed by atoms with Crippen LogP contribution in [0.25, 0.3) is 0 Å². The molecule has 0 saturated carbocycles. The van der Waals surface area contributed by atoms with Crippen LogP contribution in [-0.4, -0.2) is 41.5 Å².